The maximum absolute atomic E-state index is 4.17. The van der Waals surface area contributed by atoms with E-state index < -0.39 is 0 Å². The predicted octanol–water partition coefficient (Wildman–Crippen LogP) is 9.57. The predicted molar refractivity (Wildman–Crippen MR) is 159 cm³/mol. The fourth-order valence-corrected chi connectivity index (χ4v) is 5.20. The molecule has 0 radical (unpaired) electrons. The molecule has 0 saturated carbocycles. The van der Waals surface area contributed by atoms with Gasteiger partial charge in [-0.3, -0.25) is 0 Å². The number of aryl methyl sites for hydroxylation is 1. The Morgan fingerprint density at radius 1 is 1.06 bits per heavy atom. The van der Waals surface area contributed by atoms with Gasteiger partial charge in [-0.05, 0) is 91.1 Å². The van der Waals surface area contributed by atoms with Gasteiger partial charge in [-0.1, -0.05) is 98.5 Å². The molecule has 0 spiro atoms. The van der Waals surface area contributed by atoms with Crippen LogP contribution in [-0.4, -0.2) is 6.54 Å². The smallest absolute Gasteiger partial charge is 0.0410 e. The Morgan fingerprint density at radius 3 is 2.47 bits per heavy atom. The van der Waals surface area contributed by atoms with Gasteiger partial charge in [-0.15, -0.1) is 0 Å². The topological polar surface area (TPSA) is 3.24 Å². The SMILES string of the molecule is C=C/C(=C\C(=C/C)N(CC)c1ccc(C2=CCCC=C2)cc1)c1ccc(C)c(C2C=CC=CC2C)c1. The van der Waals surface area contributed by atoms with Crippen LogP contribution in [0, 0.1) is 12.8 Å². The summed E-state index contributed by atoms with van der Waals surface area (Å²) in [5, 5.41) is 0. The molecule has 2 aliphatic rings. The molecule has 2 aromatic rings. The van der Waals surface area contributed by atoms with Crippen LogP contribution < -0.4 is 4.90 Å². The molecule has 0 amide bonds. The minimum absolute atomic E-state index is 0.405. The standard InChI is InChI=1S/C35H39N/c1-6-28(31-19-18-27(5)35(25-31)34-17-13-12-14-26(34)4)24-32(7-2)36(8-3)33-22-20-30(21-23-33)29-15-10-9-11-16-29/h6-7,10,12-26,34H,1,8-9,11H2,2-5H3/b28-24+,32-7+. The monoisotopic (exact) mass is 473 g/mol. The maximum atomic E-state index is 4.17. The molecule has 1 nitrogen and oxygen atoms in total. The van der Waals surface area contributed by atoms with Crippen LogP contribution in [0.2, 0.25) is 0 Å². The summed E-state index contributed by atoms with van der Waals surface area (Å²) in [4.78, 5) is 2.37. The van der Waals surface area contributed by atoms with E-state index in [9.17, 15) is 0 Å². The van der Waals surface area contributed by atoms with Crippen molar-refractivity contribution >= 4 is 16.8 Å². The van der Waals surface area contributed by atoms with Gasteiger partial charge in [0, 0.05) is 23.8 Å². The average Bonchev–Trinajstić information content (AvgIpc) is 2.93. The molecule has 0 fully saturated rings. The number of hydrogen-bond donors (Lipinski definition) is 0. The Hall–Kier alpha value is -3.58. The number of likely N-dealkylation sites (N-methyl/N-ethyl adjacent to an activating group) is 1. The van der Waals surface area contributed by atoms with Crippen molar-refractivity contribution in [1.29, 1.82) is 0 Å². The van der Waals surface area contributed by atoms with E-state index in [0.29, 0.717) is 11.8 Å². The average molecular weight is 474 g/mol. The normalized spacial score (nSPS) is 19.8. The Balaban J connectivity index is 1.63. The largest absolute Gasteiger partial charge is 0.342 e. The van der Waals surface area contributed by atoms with Crippen molar-refractivity contribution in [1.82, 2.24) is 0 Å². The Morgan fingerprint density at radius 2 is 1.83 bits per heavy atom. The van der Waals surface area contributed by atoms with Gasteiger partial charge in [0.25, 0.3) is 0 Å². The van der Waals surface area contributed by atoms with Gasteiger partial charge in [0.1, 0.15) is 0 Å². The third-order valence-corrected chi connectivity index (χ3v) is 7.34. The number of hydrogen-bond acceptors (Lipinski definition) is 1. The Kier molecular flexibility index (Phi) is 8.44. The lowest BCUT2D eigenvalue weighted by Gasteiger charge is -2.26. The fourth-order valence-electron chi connectivity index (χ4n) is 5.20. The number of benzene rings is 2. The molecule has 0 heterocycles. The molecule has 4 rings (SSSR count). The van der Waals surface area contributed by atoms with Gasteiger partial charge in [0.15, 0.2) is 0 Å². The second-order valence-corrected chi connectivity index (χ2v) is 9.67. The summed E-state index contributed by atoms with van der Waals surface area (Å²) in [6.07, 6.45) is 24.5. The van der Waals surface area contributed by atoms with Crippen molar-refractivity contribution in [3.05, 3.63) is 138 Å². The van der Waals surface area contributed by atoms with Gasteiger partial charge in [-0.2, -0.15) is 0 Å². The molecule has 0 N–H and O–H groups in total. The highest BCUT2D eigenvalue weighted by Gasteiger charge is 2.19. The summed E-state index contributed by atoms with van der Waals surface area (Å²) in [5.74, 6) is 0.895. The highest BCUT2D eigenvalue weighted by Crippen LogP contribution is 2.34. The first kappa shape index (κ1) is 25.5. The molecule has 0 bridgehead atoms. The molecule has 2 aliphatic carbocycles. The summed E-state index contributed by atoms with van der Waals surface area (Å²) in [5.41, 5.74) is 10.1. The molecular formula is C35H39N. The van der Waals surface area contributed by atoms with Gasteiger partial charge < -0.3 is 4.90 Å². The van der Waals surface area contributed by atoms with Crippen LogP contribution >= 0.6 is 0 Å². The summed E-state index contributed by atoms with van der Waals surface area (Å²) in [6.45, 7) is 13.9. The van der Waals surface area contributed by atoms with Gasteiger partial charge >= 0.3 is 0 Å². The zero-order valence-corrected chi connectivity index (χ0v) is 22.2. The van der Waals surface area contributed by atoms with Crippen LogP contribution in [0.4, 0.5) is 5.69 Å². The minimum atomic E-state index is 0.405. The van der Waals surface area contributed by atoms with Crippen molar-refractivity contribution < 1.29 is 0 Å². The first-order chi connectivity index (χ1) is 17.5. The van der Waals surface area contributed by atoms with Crippen LogP contribution in [0.5, 0.6) is 0 Å². The first-order valence-corrected chi connectivity index (χ1v) is 13.3. The second kappa shape index (κ2) is 11.9. The molecule has 184 valence electrons. The molecular weight excluding hydrogens is 434 g/mol. The van der Waals surface area contributed by atoms with Crippen molar-refractivity contribution in [2.45, 2.75) is 46.5 Å². The fraction of sp³-hybridized carbons (Fsp3) is 0.257. The summed E-state index contributed by atoms with van der Waals surface area (Å²) >= 11 is 0. The lowest BCUT2D eigenvalue weighted by Crippen LogP contribution is -2.21. The highest BCUT2D eigenvalue weighted by atomic mass is 15.1. The van der Waals surface area contributed by atoms with Crippen molar-refractivity contribution in [2.75, 3.05) is 11.4 Å². The first-order valence-electron chi connectivity index (χ1n) is 13.3. The number of anilines is 1. The second-order valence-electron chi connectivity index (χ2n) is 9.67. The highest BCUT2D eigenvalue weighted by molar-refractivity contribution is 5.79. The van der Waals surface area contributed by atoms with E-state index in [1.807, 2.05) is 6.08 Å². The number of allylic oxidation sites excluding steroid dienone is 12. The maximum Gasteiger partial charge on any atom is 0.0410 e. The van der Waals surface area contributed by atoms with Crippen LogP contribution in [0.1, 0.15) is 61.8 Å². The molecule has 0 aliphatic heterocycles. The molecule has 36 heavy (non-hydrogen) atoms. The number of rotatable bonds is 8. The van der Waals surface area contributed by atoms with E-state index in [1.54, 1.807) is 0 Å². The molecule has 1 heteroatoms. The van der Waals surface area contributed by atoms with E-state index in [2.05, 4.69) is 136 Å². The van der Waals surface area contributed by atoms with Crippen LogP contribution in [-0.2, 0) is 0 Å². The lowest BCUT2D eigenvalue weighted by molar-refractivity contribution is 0.632. The zero-order chi connectivity index (χ0) is 25.5. The third-order valence-electron chi connectivity index (χ3n) is 7.34. The number of nitrogens with zero attached hydrogens (tertiary/aromatic N) is 1. The molecule has 2 atom stereocenters. The summed E-state index contributed by atoms with van der Waals surface area (Å²) < 4.78 is 0. The molecule has 2 aromatic carbocycles. The summed E-state index contributed by atoms with van der Waals surface area (Å²) in [6, 6.07) is 15.8. The van der Waals surface area contributed by atoms with E-state index >= 15 is 0 Å². The van der Waals surface area contributed by atoms with E-state index in [4.69, 9.17) is 0 Å². The van der Waals surface area contributed by atoms with E-state index in [1.165, 1.54) is 39.2 Å². The van der Waals surface area contributed by atoms with Crippen molar-refractivity contribution in [3.63, 3.8) is 0 Å². The van der Waals surface area contributed by atoms with Crippen LogP contribution in [0.15, 0.2) is 116 Å². The minimum Gasteiger partial charge on any atom is -0.342 e. The third kappa shape index (κ3) is 5.62. The molecule has 0 aromatic heterocycles. The lowest BCUT2D eigenvalue weighted by atomic mass is 9.81. The van der Waals surface area contributed by atoms with Gasteiger partial charge in [-0.25, -0.2) is 0 Å². The molecule has 0 saturated heterocycles. The molecule has 2 unspecified atom stereocenters. The van der Waals surface area contributed by atoms with Crippen LogP contribution in [0.25, 0.3) is 11.1 Å². The Labute approximate surface area is 218 Å². The van der Waals surface area contributed by atoms with Crippen LogP contribution in [0.3, 0.4) is 0 Å². The quantitative estimate of drug-likeness (QED) is 0.345. The summed E-state index contributed by atoms with van der Waals surface area (Å²) in [7, 11) is 0. The van der Waals surface area contributed by atoms with Crippen molar-refractivity contribution in [3.8, 4) is 0 Å². The zero-order valence-electron chi connectivity index (χ0n) is 22.2. The van der Waals surface area contributed by atoms with E-state index in [-0.39, 0.29) is 0 Å². The van der Waals surface area contributed by atoms with Gasteiger partial charge in [0.05, 0.1) is 0 Å². The van der Waals surface area contributed by atoms with Gasteiger partial charge in [0.2, 0.25) is 0 Å². The van der Waals surface area contributed by atoms with E-state index in [0.717, 1.165) is 25.0 Å². The van der Waals surface area contributed by atoms with Crippen molar-refractivity contribution in [2.24, 2.45) is 5.92 Å². The Bertz CT molecular complexity index is 1260.